The van der Waals surface area contributed by atoms with Crippen LogP contribution in [0.5, 0.6) is 0 Å². The molecule has 0 atom stereocenters. The molecule has 1 heterocycles. The number of halogens is 2. The molecule has 0 spiro atoms. The summed E-state index contributed by atoms with van der Waals surface area (Å²) in [5, 5.41) is 3.28. The number of benzene rings is 2. The van der Waals surface area contributed by atoms with Gasteiger partial charge in [-0.05, 0) is 36.4 Å². The molecule has 0 unspecified atom stereocenters. The van der Waals surface area contributed by atoms with Gasteiger partial charge in [-0.15, -0.1) is 0 Å². The van der Waals surface area contributed by atoms with Crippen LogP contribution in [0.3, 0.4) is 0 Å². The van der Waals surface area contributed by atoms with Crippen molar-refractivity contribution < 1.29 is 9.18 Å². The maximum absolute atomic E-state index is 12.8. The highest BCUT2D eigenvalue weighted by Gasteiger charge is 2.14. The monoisotopic (exact) mass is 316 g/mol. The molecule has 0 bridgehead atoms. The van der Waals surface area contributed by atoms with Gasteiger partial charge in [0.15, 0.2) is 0 Å². The highest BCUT2D eigenvalue weighted by Crippen LogP contribution is 2.19. The van der Waals surface area contributed by atoms with Crippen molar-refractivity contribution in [3.05, 3.63) is 75.3 Å². The summed E-state index contributed by atoms with van der Waals surface area (Å²) < 4.78 is 12.8. The van der Waals surface area contributed by atoms with E-state index in [1.807, 2.05) is 0 Å². The standard InChI is InChI=1S/C16H10ClFN2O2/c17-13-3-1-2-11-14(13)19-8-12(15(11)21)16(22)20-10-6-4-9(18)5-7-10/h1-8H,(H,19,21)(H,20,22). The molecule has 0 aliphatic heterocycles. The fraction of sp³-hybridized carbons (Fsp3) is 0. The number of fused-ring (bicyclic) bond motifs is 1. The Morgan fingerprint density at radius 2 is 1.86 bits per heavy atom. The van der Waals surface area contributed by atoms with Gasteiger partial charge in [-0.25, -0.2) is 4.39 Å². The highest BCUT2D eigenvalue weighted by molar-refractivity contribution is 6.35. The smallest absolute Gasteiger partial charge is 0.261 e. The average Bonchev–Trinajstić information content (AvgIpc) is 2.51. The van der Waals surface area contributed by atoms with Gasteiger partial charge in [-0.2, -0.15) is 0 Å². The molecule has 0 saturated heterocycles. The molecule has 2 N–H and O–H groups in total. The summed E-state index contributed by atoms with van der Waals surface area (Å²) in [4.78, 5) is 27.4. The minimum Gasteiger partial charge on any atom is -0.359 e. The van der Waals surface area contributed by atoms with Gasteiger partial charge in [0.2, 0.25) is 5.43 Å². The van der Waals surface area contributed by atoms with Gasteiger partial charge in [-0.1, -0.05) is 17.7 Å². The lowest BCUT2D eigenvalue weighted by Crippen LogP contribution is -2.22. The Morgan fingerprint density at radius 1 is 1.14 bits per heavy atom. The summed E-state index contributed by atoms with van der Waals surface area (Å²) in [7, 11) is 0. The van der Waals surface area contributed by atoms with Crippen molar-refractivity contribution in [1.82, 2.24) is 4.98 Å². The van der Waals surface area contributed by atoms with E-state index in [1.165, 1.54) is 30.5 Å². The molecule has 4 nitrogen and oxygen atoms in total. The number of H-pyrrole nitrogens is 1. The lowest BCUT2D eigenvalue weighted by atomic mass is 10.1. The van der Waals surface area contributed by atoms with Crippen LogP contribution in [0.4, 0.5) is 10.1 Å². The van der Waals surface area contributed by atoms with Gasteiger partial charge in [0.05, 0.1) is 10.5 Å². The quantitative estimate of drug-likeness (QED) is 0.759. The van der Waals surface area contributed by atoms with E-state index in [1.54, 1.807) is 18.2 Å². The molecule has 110 valence electrons. The minimum absolute atomic E-state index is 0.0425. The van der Waals surface area contributed by atoms with E-state index >= 15 is 0 Å². The maximum Gasteiger partial charge on any atom is 0.261 e. The van der Waals surface area contributed by atoms with Crippen molar-refractivity contribution in [2.45, 2.75) is 0 Å². The second kappa shape index (κ2) is 5.61. The first-order valence-electron chi connectivity index (χ1n) is 6.43. The molecule has 3 rings (SSSR count). The van der Waals surface area contributed by atoms with E-state index in [0.717, 1.165) is 0 Å². The highest BCUT2D eigenvalue weighted by atomic mass is 35.5. The Kier molecular flexibility index (Phi) is 3.65. The van der Waals surface area contributed by atoms with Crippen LogP contribution in [0.1, 0.15) is 10.4 Å². The zero-order valence-corrected chi connectivity index (χ0v) is 11.9. The van der Waals surface area contributed by atoms with Gasteiger partial charge in [0.25, 0.3) is 5.91 Å². The van der Waals surface area contributed by atoms with E-state index in [9.17, 15) is 14.0 Å². The predicted octanol–water partition coefficient (Wildman–Crippen LogP) is 3.57. The topological polar surface area (TPSA) is 62.0 Å². The van der Waals surface area contributed by atoms with E-state index in [0.29, 0.717) is 21.6 Å². The number of para-hydroxylation sites is 1. The summed E-state index contributed by atoms with van der Waals surface area (Å²) in [6.45, 7) is 0. The molecule has 0 fully saturated rings. The summed E-state index contributed by atoms with van der Waals surface area (Å²) in [5.41, 5.74) is 0.416. The number of carbonyl (C=O) groups excluding carboxylic acids is 1. The molecule has 1 aromatic heterocycles. The molecule has 0 aliphatic carbocycles. The number of hydrogen-bond acceptors (Lipinski definition) is 2. The van der Waals surface area contributed by atoms with E-state index in [2.05, 4.69) is 10.3 Å². The van der Waals surface area contributed by atoms with Crippen LogP contribution in [0.2, 0.25) is 5.02 Å². The van der Waals surface area contributed by atoms with E-state index < -0.39 is 17.2 Å². The van der Waals surface area contributed by atoms with Gasteiger partial charge < -0.3 is 10.3 Å². The number of pyridine rings is 1. The van der Waals surface area contributed by atoms with Crippen LogP contribution in [-0.2, 0) is 0 Å². The maximum atomic E-state index is 12.8. The van der Waals surface area contributed by atoms with Crippen molar-refractivity contribution in [2.75, 3.05) is 5.32 Å². The van der Waals surface area contributed by atoms with Gasteiger partial charge in [0.1, 0.15) is 11.4 Å². The molecular formula is C16H10ClFN2O2. The second-order valence-electron chi connectivity index (χ2n) is 4.65. The number of carbonyl (C=O) groups is 1. The first-order chi connectivity index (χ1) is 10.6. The SMILES string of the molecule is O=C(Nc1ccc(F)cc1)c1c[nH]c2c(Cl)cccc2c1=O. The van der Waals surface area contributed by atoms with Crippen LogP contribution in [0.15, 0.2) is 53.5 Å². The lowest BCUT2D eigenvalue weighted by Gasteiger charge is -2.06. The molecule has 6 heteroatoms. The van der Waals surface area contributed by atoms with Crippen molar-refractivity contribution in [2.24, 2.45) is 0 Å². The molecule has 0 saturated carbocycles. The van der Waals surface area contributed by atoms with Gasteiger partial charge in [0, 0.05) is 17.3 Å². The minimum atomic E-state index is -0.574. The number of amides is 1. The van der Waals surface area contributed by atoms with E-state index in [4.69, 9.17) is 11.6 Å². The molecule has 0 aliphatic rings. The Bertz CT molecular complexity index is 920. The first kappa shape index (κ1) is 14.3. The Morgan fingerprint density at radius 3 is 2.59 bits per heavy atom. The number of rotatable bonds is 2. The predicted molar refractivity (Wildman–Crippen MR) is 83.9 cm³/mol. The molecule has 0 radical (unpaired) electrons. The summed E-state index contributed by atoms with van der Waals surface area (Å²) in [6, 6.07) is 10.2. The van der Waals surface area contributed by atoms with E-state index in [-0.39, 0.29) is 5.56 Å². The number of aromatic amines is 1. The van der Waals surface area contributed by atoms with Crippen LogP contribution >= 0.6 is 11.6 Å². The average molecular weight is 317 g/mol. The molecule has 3 aromatic rings. The third-order valence-corrected chi connectivity index (χ3v) is 3.53. The van der Waals surface area contributed by atoms with Gasteiger partial charge in [-0.3, -0.25) is 9.59 Å². The Labute approximate surface area is 129 Å². The third-order valence-electron chi connectivity index (χ3n) is 3.21. The number of nitrogens with one attached hydrogen (secondary N) is 2. The zero-order valence-electron chi connectivity index (χ0n) is 11.2. The largest absolute Gasteiger partial charge is 0.359 e. The van der Waals surface area contributed by atoms with Crippen molar-refractivity contribution in [3.63, 3.8) is 0 Å². The van der Waals surface area contributed by atoms with Crippen molar-refractivity contribution >= 4 is 34.1 Å². The fourth-order valence-electron chi connectivity index (χ4n) is 2.12. The normalized spacial score (nSPS) is 10.6. The second-order valence-corrected chi connectivity index (χ2v) is 5.06. The van der Waals surface area contributed by atoms with Gasteiger partial charge >= 0.3 is 0 Å². The Hall–Kier alpha value is -2.66. The molecule has 22 heavy (non-hydrogen) atoms. The van der Waals surface area contributed by atoms with Crippen LogP contribution < -0.4 is 10.7 Å². The van der Waals surface area contributed by atoms with Crippen molar-refractivity contribution in [3.8, 4) is 0 Å². The number of aromatic nitrogens is 1. The molecule has 2 aromatic carbocycles. The molecule has 1 amide bonds. The van der Waals surface area contributed by atoms with Crippen LogP contribution in [0.25, 0.3) is 10.9 Å². The third kappa shape index (κ3) is 2.58. The summed E-state index contributed by atoms with van der Waals surface area (Å²) in [5.74, 6) is -0.981. The van der Waals surface area contributed by atoms with Crippen LogP contribution in [0, 0.1) is 5.82 Å². The lowest BCUT2D eigenvalue weighted by molar-refractivity contribution is 0.102. The molecular weight excluding hydrogens is 307 g/mol. The number of hydrogen-bond donors (Lipinski definition) is 2. The fourth-order valence-corrected chi connectivity index (χ4v) is 2.34. The van der Waals surface area contributed by atoms with Crippen LogP contribution in [-0.4, -0.2) is 10.9 Å². The number of anilines is 1. The summed E-state index contributed by atoms with van der Waals surface area (Å²) >= 11 is 6.00. The zero-order chi connectivity index (χ0) is 15.7. The Balaban J connectivity index is 1.99. The first-order valence-corrected chi connectivity index (χ1v) is 6.81. The van der Waals surface area contributed by atoms with Crippen molar-refractivity contribution in [1.29, 1.82) is 0 Å². The summed E-state index contributed by atoms with van der Waals surface area (Å²) in [6.07, 6.45) is 1.31.